The molecule has 1 nitrogen and oxygen atoms in total. The number of halogens is 3. The minimum Gasteiger partial charge on any atom is -0.327 e. The van der Waals surface area contributed by atoms with Crippen LogP contribution < -0.4 is 5.73 Å². The van der Waals surface area contributed by atoms with Crippen molar-refractivity contribution in [1.82, 2.24) is 0 Å². The molecule has 1 aromatic carbocycles. The summed E-state index contributed by atoms with van der Waals surface area (Å²) < 4.78 is 39.5. The van der Waals surface area contributed by atoms with E-state index in [1.54, 1.807) is 12.1 Å². The number of benzene rings is 1. The zero-order valence-electron chi connectivity index (χ0n) is 12.7. The number of alkyl halides is 3. The molecule has 0 saturated heterocycles. The standard InChI is InChI=1S/C16H24F3NS/c1-3-5-6-9-21-14-8-7-12(10-13(20)4-2)15(11-14)16(17,18)19/h7-8,11,13H,3-6,9-10,20H2,1-2H3. The summed E-state index contributed by atoms with van der Waals surface area (Å²) in [4.78, 5) is 0.687. The second kappa shape index (κ2) is 8.69. The van der Waals surface area contributed by atoms with Gasteiger partial charge in [0.25, 0.3) is 0 Å². The van der Waals surface area contributed by atoms with E-state index in [0.29, 0.717) is 16.9 Å². The van der Waals surface area contributed by atoms with E-state index < -0.39 is 11.7 Å². The van der Waals surface area contributed by atoms with Crippen molar-refractivity contribution in [3.05, 3.63) is 29.3 Å². The largest absolute Gasteiger partial charge is 0.416 e. The van der Waals surface area contributed by atoms with Gasteiger partial charge in [-0.05, 0) is 42.7 Å². The quantitative estimate of drug-likeness (QED) is 0.522. The summed E-state index contributed by atoms with van der Waals surface area (Å²) >= 11 is 1.49. The van der Waals surface area contributed by atoms with Gasteiger partial charge in [-0.3, -0.25) is 0 Å². The van der Waals surface area contributed by atoms with Gasteiger partial charge in [-0.1, -0.05) is 32.8 Å². The molecule has 0 heterocycles. The number of hydrogen-bond acceptors (Lipinski definition) is 2. The Kier molecular flexibility index (Phi) is 7.60. The Hall–Kier alpha value is -0.680. The van der Waals surface area contributed by atoms with Crippen LogP contribution in [0.15, 0.2) is 23.1 Å². The number of thioether (sulfide) groups is 1. The highest BCUT2D eigenvalue weighted by Gasteiger charge is 2.33. The van der Waals surface area contributed by atoms with Crippen LogP contribution in [0, 0.1) is 0 Å². The molecular formula is C16H24F3NS. The molecule has 21 heavy (non-hydrogen) atoms. The molecule has 0 spiro atoms. The number of hydrogen-bond donors (Lipinski definition) is 1. The molecule has 0 aromatic heterocycles. The number of unbranched alkanes of at least 4 members (excludes halogenated alkanes) is 2. The van der Waals surface area contributed by atoms with E-state index in [1.165, 1.54) is 17.8 Å². The van der Waals surface area contributed by atoms with E-state index in [4.69, 9.17) is 5.73 Å². The van der Waals surface area contributed by atoms with Crippen molar-refractivity contribution in [3.63, 3.8) is 0 Å². The van der Waals surface area contributed by atoms with Crippen LogP contribution in [0.3, 0.4) is 0 Å². The molecule has 1 unspecified atom stereocenters. The van der Waals surface area contributed by atoms with Crippen LogP contribution in [-0.2, 0) is 12.6 Å². The Morgan fingerprint density at radius 2 is 1.90 bits per heavy atom. The van der Waals surface area contributed by atoms with Crippen LogP contribution in [-0.4, -0.2) is 11.8 Å². The van der Waals surface area contributed by atoms with Crippen LogP contribution in [0.25, 0.3) is 0 Å². The summed E-state index contributed by atoms with van der Waals surface area (Å²) in [6, 6.07) is 4.41. The van der Waals surface area contributed by atoms with Gasteiger partial charge in [0.15, 0.2) is 0 Å². The fraction of sp³-hybridized carbons (Fsp3) is 0.625. The molecule has 1 rings (SSSR count). The van der Waals surface area contributed by atoms with Crippen molar-refractivity contribution in [2.24, 2.45) is 5.73 Å². The van der Waals surface area contributed by atoms with Crippen LogP contribution >= 0.6 is 11.8 Å². The van der Waals surface area contributed by atoms with Crippen molar-refractivity contribution in [2.45, 2.75) is 63.1 Å². The van der Waals surface area contributed by atoms with Gasteiger partial charge in [-0.2, -0.15) is 13.2 Å². The van der Waals surface area contributed by atoms with Crippen molar-refractivity contribution in [3.8, 4) is 0 Å². The van der Waals surface area contributed by atoms with Gasteiger partial charge in [0.05, 0.1) is 5.56 Å². The third kappa shape index (κ3) is 6.30. The average molecular weight is 319 g/mol. The third-order valence-electron chi connectivity index (χ3n) is 3.41. The first-order chi connectivity index (χ1) is 9.88. The third-order valence-corrected chi connectivity index (χ3v) is 4.49. The van der Waals surface area contributed by atoms with E-state index in [9.17, 15) is 13.2 Å². The maximum Gasteiger partial charge on any atom is 0.416 e. The molecule has 120 valence electrons. The molecule has 0 bridgehead atoms. The lowest BCUT2D eigenvalue weighted by molar-refractivity contribution is -0.138. The Morgan fingerprint density at radius 1 is 1.19 bits per heavy atom. The topological polar surface area (TPSA) is 26.0 Å². The van der Waals surface area contributed by atoms with Crippen LogP contribution in [0.5, 0.6) is 0 Å². The van der Waals surface area contributed by atoms with E-state index in [1.807, 2.05) is 6.92 Å². The molecule has 0 radical (unpaired) electrons. The average Bonchev–Trinajstić information content (AvgIpc) is 2.43. The summed E-state index contributed by atoms with van der Waals surface area (Å²) in [7, 11) is 0. The Bertz CT molecular complexity index is 432. The van der Waals surface area contributed by atoms with Crippen LogP contribution in [0.2, 0.25) is 0 Å². The minimum atomic E-state index is -4.32. The van der Waals surface area contributed by atoms with Crippen molar-refractivity contribution < 1.29 is 13.2 Å². The van der Waals surface area contributed by atoms with E-state index in [2.05, 4.69) is 6.92 Å². The number of rotatable bonds is 8. The van der Waals surface area contributed by atoms with Gasteiger partial charge in [0.2, 0.25) is 0 Å². The lowest BCUT2D eigenvalue weighted by atomic mass is 9.99. The highest BCUT2D eigenvalue weighted by Crippen LogP contribution is 2.35. The molecule has 0 amide bonds. The highest BCUT2D eigenvalue weighted by atomic mass is 32.2. The van der Waals surface area contributed by atoms with Gasteiger partial charge >= 0.3 is 6.18 Å². The highest BCUT2D eigenvalue weighted by molar-refractivity contribution is 7.99. The summed E-state index contributed by atoms with van der Waals surface area (Å²) in [5, 5.41) is 0. The smallest absolute Gasteiger partial charge is 0.327 e. The first-order valence-electron chi connectivity index (χ1n) is 7.47. The first-order valence-corrected chi connectivity index (χ1v) is 8.45. The Labute approximate surface area is 129 Å². The Morgan fingerprint density at radius 3 is 2.48 bits per heavy atom. The van der Waals surface area contributed by atoms with E-state index in [0.717, 1.165) is 25.0 Å². The zero-order valence-corrected chi connectivity index (χ0v) is 13.5. The lowest BCUT2D eigenvalue weighted by Gasteiger charge is -2.17. The molecular weight excluding hydrogens is 295 g/mol. The zero-order chi connectivity index (χ0) is 15.9. The Balaban J connectivity index is 2.86. The van der Waals surface area contributed by atoms with Gasteiger partial charge in [0.1, 0.15) is 0 Å². The fourth-order valence-electron chi connectivity index (χ4n) is 2.06. The maximum absolute atomic E-state index is 13.2. The second-order valence-corrected chi connectivity index (χ2v) is 6.41. The predicted molar refractivity (Wildman–Crippen MR) is 83.7 cm³/mol. The minimum absolute atomic E-state index is 0.228. The molecule has 5 heteroatoms. The van der Waals surface area contributed by atoms with E-state index in [-0.39, 0.29) is 12.5 Å². The monoisotopic (exact) mass is 319 g/mol. The summed E-state index contributed by atoms with van der Waals surface area (Å²) in [6.45, 7) is 3.99. The maximum atomic E-state index is 13.2. The molecule has 0 aliphatic carbocycles. The van der Waals surface area contributed by atoms with Gasteiger partial charge in [-0.15, -0.1) is 11.8 Å². The summed E-state index contributed by atoms with van der Waals surface area (Å²) in [5.74, 6) is 0.860. The van der Waals surface area contributed by atoms with Gasteiger partial charge < -0.3 is 5.73 Å². The lowest BCUT2D eigenvalue weighted by Crippen LogP contribution is -2.23. The van der Waals surface area contributed by atoms with Crippen molar-refractivity contribution in [2.75, 3.05) is 5.75 Å². The molecule has 1 aromatic rings. The molecule has 1 atom stereocenters. The molecule has 0 aliphatic rings. The first kappa shape index (κ1) is 18.4. The predicted octanol–water partition coefficient (Wildman–Crippen LogP) is 5.27. The van der Waals surface area contributed by atoms with Gasteiger partial charge in [-0.25, -0.2) is 0 Å². The molecule has 0 aliphatic heterocycles. The second-order valence-electron chi connectivity index (χ2n) is 5.24. The molecule has 0 fully saturated rings. The van der Waals surface area contributed by atoms with Gasteiger partial charge in [0, 0.05) is 10.9 Å². The van der Waals surface area contributed by atoms with Crippen molar-refractivity contribution in [1.29, 1.82) is 0 Å². The SMILES string of the molecule is CCCCCSc1ccc(CC(N)CC)c(C(F)(F)F)c1. The summed E-state index contributed by atoms with van der Waals surface area (Å²) in [5.41, 5.74) is 5.56. The molecule has 0 saturated carbocycles. The van der Waals surface area contributed by atoms with Crippen molar-refractivity contribution >= 4 is 11.8 Å². The van der Waals surface area contributed by atoms with E-state index >= 15 is 0 Å². The fourth-order valence-corrected chi connectivity index (χ4v) is 3.01. The van der Waals surface area contributed by atoms with Crippen LogP contribution in [0.4, 0.5) is 13.2 Å². The van der Waals surface area contributed by atoms with Crippen LogP contribution in [0.1, 0.15) is 50.7 Å². The molecule has 2 N–H and O–H groups in total. The summed E-state index contributed by atoms with van der Waals surface area (Å²) in [6.07, 6.45) is -0.116. The number of nitrogens with two attached hydrogens (primary N) is 1. The normalized spacial score (nSPS) is 13.4.